The van der Waals surface area contributed by atoms with Crippen LogP contribution in [0.3, 0.4) is 0 Å². The first-order valence-corrected chi connectivity index (χ1v) is 10.8. The Bertz CT molecular complexity index is 1310. The molecule has 7 heteroatoms. The number of hydrogen-bond donors (Lipinski definition) is 2. The van der Waals surface area contributed by atoms with E-state index in [2.05, 4.69) is 35.2 Å². The summed E-state index contributed by atoms with van der Waals surface area (Å²) in [5.74, 6) is 1.88. The number of halogens is 1. The van der Waals surface area contributed by atoms with Gasteiger partial charge in [-0.2, -0.15) is 0 Å². The third-order valence-corrected chi connectivity index (χ3v) is 5.92. The molecule has 0 aliphatic rings. The second kappa shape index (κ2) is 9.32. The monoisotopic (exact) mass is 446 g/mol. The summed E-state index contributed by atoms with van der Waals surface area (Å²) in [4.78, 5) is 8.90. The molecule has 1 atom stereocenters. The summed E-state index contributed by atoms with van der Waals surface area (Å²) in [6, 6.07) is 14.4. The number of rotatable bonds is 7. The maximum absolute atomic E-state index is 14.7. The summed E-state index contributed by atoms with van der Waals surface area (Å²) >= 11 is 0. The number of aromatic nitrogens is 2. The van der Waals surface area contributed by atoms with Crippen molar-refractivity contribution in [1.82, 2.24) is 9.97 Å². The molecule has 1 aromatic heterocycles. The highest BCUT2D eigenvalue weighted by Gasteiger charge is 2.16. The topological polar surface area (TPSA) is 82.3 Å². The largest absolute Gasteiger partial charge is 0.496 e. The lowest BCUT2D eigenvalue weighted by Crippen LogP contribution is -2.02. The molecular formula is C26H27FN4O2. The van der Waals surface area contributed by atoms with Crippen molar-refractivity contribution in [3.05, 3.63) is 66.2 Å². The molecule has 1 unspecified atom stereocenters. The number of ether oxygens (including phenoxy) is 2. The van der Waals surface area contributed by atoms with Gasteiger partial charge >= 0.3 is 0 Å². The van der Waals surface area contributed by atoms with Crippen LogP contribution in [-0.2, 0) is 0 Å². The second-order valence-electron chi connectivity index (χ2n) is 7.89. The van der Waals surface area contributed by atoms with E-state index in [0.29, 0.717) is 34.3 Å². The van der Waals surface area contributed by atoms with Crippen LogP contribution in [0.5, 0.6) is 11.5 Å². The van der Waals surface area contributed by atoms with Gasteiger partial charge in [0.05, 0.1) is 31.1 Å². The molecule has 0 aliphatic heterocycles. The normalized spacial score (nSPS) is 11.9. The number of nitrogen functional groups attached to an aromatic ring is 1. The smallest absolute Gasteiger partial charge is 0.153 e. The van der Waals surface area contributed by atoms with E-state index < -0.39 is 5.82 Å². The summed E-state index contributed by atoms with van der Waals surface area (Å²) in [6.45, 7) is 4.30. The van der Waals surface area contributed by atoms with Crippen molar-refractivity contribution in [2.75, 3.05) is 25.3 Å². The summed E-state index contributed by atoms with van der Waals surface area (Å²) in [7, 11) is 3.25. The minimum Gasteiger partial charge on any atom is -0.496 e. The van der Waals surface area contributed by atoms with Gasteiger partial charge in [0, 0.05) is 17.0 Å². The average molecular weight is 447 g/mol. The van der Waals surface area contributed by atoms with E-state index in [1.807, 2.05) is 12.1 Å². The quantitative estimate of drug-likeness (QED) is 0.325. The van der Waals surface area contributed by atoms with Crippen molar-refractivity contribution in [1.29, 1.82) is 0 Å². The van der Waals surface area contributed by atoms with E-state index in [-0.39, 0.29) is 5.69 Å². The molecule has 0 aliphatic carbocycles. The molecule has 4 aromatic rings. The number of hydrogen-bond acceptors (Lipinski definition) is 6. The minimum atomic E-state index is -0.452. The Balaban J connectivity index is 1.83. The highest BCUT2D eigenvalue weighted by Crippen LogP contribution is 2.38. The standard InChI is InChI=1S/C26H27FN4O2/c1-5-15(2)18-12-19-21(13-24(18)33-4)29-14-30-26(19)31-22-11-16(9-10-23(22)32-3)17-7-6-8-20(28)25(17)27/h6-15H,5,28H2,1-4H3,(H,29,30,31). The van der Waals surface area contributed by atoms with E-state index in [0.717, 1.165) is 28.6 Å². The zero-order chi connectivity index (χ0) is 23.5. The molecule has 1 heterocycles. The minimum absolute atomic E-state index is 0.103. The van der Waals surface area contributed by atoms with Gasteiger partial charge in [-0.05, 0) is 47.7 Å². The van der Waals surface area contributed by atoms with Crippen LogP contribution in [0.2, 0.25) is 0 Å². The van der Waals surface area contributed by atoms with E-state index in [1.54, 1.807) is 38.5 Å². The van der Waals surface area contributed by atoms with E-state index in [9.17, 15) is 4.39 Å². The van der Waals surface area contributed by atoms with Gasteiger partial charge in [0.1, 0.15) is 23.6 Å². The first-order valence-electron chi connectivity index (χ1n) is 10.8. The van der Waals surface area contributed by atoms with Crippen LogP contribution < -0.4 is 20.5 Å². The maximum Gasteiger partial charge on any atom is 0.153 e. The molecule has 0 saturated carbocycles. The summed E-state index contributed by atoms with van der Waals surface area (Å²) in [6.07, 6.45) is 2.47. The lowest BCUT2D eigenvalue weighted by molar-refractivity contribution is 0.406. The fraction of sp³-hybridized carbons (Fsp3) is 0.231. The highest BCUT2D eigenvalue weighted by molar-refractivity contribution is 5.93. The third-order valence-electron chi connectivity index (χ3n) is 5.92. The van der Waals surface area contributed by atoms with Gasteiger partial charge in [-0.25, -0.2) is 14.4 Å². The van der Waals surface area contributed by atoms with E-state index in [1.165, 1.54) is 12.4 Å². The first-order chi connectivity index (χ1) is 16.0. The fourth-order valence-corrected chi connectivity index (χ4v) is 3.86. The van der Waals surface area contributed by atoms with Crippen molar-refractivity contribution >= 4 is 28.1 Å². The number of fused-ring (bicyclic) bond motifs is 1. The molecule has 33 heavy (non-hydrogen) atoms. The van der Waals surface area contributed by atoms with Crippen LogP contribution in [0.15, 0.2) is 54.9 Å². The predicted molar refractivity (Wildman–Crippen MR) is 131 cm³/mol. The lowest BCUT2D eigenvalue weighted by atomic mass is 9.96. The molecule has 3 N–H and O–H groups in total. The summed E-state index contributed by atoms with van der Waals surface area (Å²) < 4.78 is 25.8. The average Bonchev–Trinajstić information content (AvgIpc) is 2.84. The zero-order valence-electron chi connectivity index (χ0n) is 19.1. The summed E-state index contributed by atoms with van der Waals surface area (Å²) in [5.41, 5.74) is 9.45. The molecule has 0 saturated heterocycles. The Labute approximate surface area is 192 Å². The van der Waals surface area contributed by atoms with Gasteiger partial charge < -0.3 is 20.5 Å². The maximum atomic E-state index is 14.7. The summed E-state index contributed by atoms with van der Waals surface area (Å²) in [5, 5.41) is 4.22. The molecule has 4 rings (SSSR count). The van der Waals surface area contributed by atoms with Gasteiger partial charge in [0.2, 0.25) is 0 Å². The number of methoxy groups -OCH3 is 2. The molecular weight excluding hydrogens is 419 g/mol. The van der Waals surface area contributed by atoms with Gasteiger partial charge in [-0.1, -0.05) is 32.0 Å². The third kappa shape index (κ3) is 4.26. The molecule has 0 radical (unpaired) electrons. The van der Waals surface area contributed by atoms with Crippen molar-refractivity contribution in [2.24, 2.45) is 0 Å². The van der Waals surface area contributed by atoms with Gasteiger partial charge in [-0.3, -0.25) is 0 Å². The Morgan fingerprint density at radius 3 is 2.55 bits per heavy atom. The Morgan fingerprint density at radius 2 is 1.82 bits per heavy atom. The molecule has 0 amide bonds. The molecule has 0 fully saturated rings. The van der Waals surface area contributed by atoms with Gasteiger partial charge in [-0.15, -0.1) is 0 Å². The van der Waals surface area contributed by atoms with Crippen LogP contribution in [0, 0.1) is 5.82 Å². The molecule has 3 aromatic carbocycles. The number of benzene rings is 3. The van der Waals surface area contributed by atoms with Gasteiger partial charge in [0.25, 0.3) is 0 Å². The van der Waals surface area contributed by atoms with Crippen LogP contribution in [-0.4, -0.2) is 24.2 Å². The second-order valence-corrected chi connectivity index (χ2v) is 7.89. The van der Waals surface area contributed by atoms with Crippen LogP contribution >= 0.6 is 0 Å². The molecule has 170 valence electrons. The first kappa shape index (κ1) is 22.3. The van der Waals surface area contributed by atoms with Crippen molar-refractivity contribution in [2.45, 2.75) is 26.2 Å². The fourth-order valence-electron chi connectivity index (χ4n) is 3.86. The number of nitrogens with one attached hydrogen (secondary N) is 1. The predicted octanol–water partition coefficient (Wildman–Crippen LogP) is 6.29. The van der Waals surface area contributed by atoms with Crippen LogP contribution in [0.4, 0.5) is 21.6 Å². The Morgan fingerprint density at radius 1 is 1.03 bits per heavy atom. The number of nitrogens with zero attached hydrogens (tertiary/aromatic N) is 2. The molecule has 0 spiro atoms. The van der Waals surface area contributed by atoms with Crippen molar-refractivity contribution in [3.63, 3.8) is 0 Å². The SMILES string of the molecule is CCC(C)c1cc2c(Nc3cc(-c4cccc(N)c4F)ccc3OC)ncnc2cc1OC. The Kier molecular flexibility index (Phi) is 6.31. The number of anilines is 3. The van der Waals surface area contributed by atoms with Crippen LogP contribution in [0.1, 0.15) is 31.7 Å². The molecule has 0 bridgehead atoms. The van der Waals surface area contributed by atoms with Gasteiger partial charge in [0.15, 0.2) is 5.82 Å². The van der Waals surface area contributed by atoms with E-state index in [4.69, 9.17) is 15.2 Å². The van der Waals surface area contributed by atoms with Crippen LogP contribution in [0.25, 0.3) is 22.0 Å². The highest BCUT2D eigenvalue weighted by atomic mass is 19.1. The van der Waals surface area contributed by atoms with Crippen molar-refractivity contribution < 1.29 is 13.9 Å². The lowest BCUT2D eigenvalue weighted by Gasteiger charge is -2.17. The number of nitrogens with two attached hydrogens (primary N) is 1. The van der Waals surface area contributed by atoms with Crippen molar-refractivity contribution in [3.8, 4) is 22.6 Å². The Hall–Kier alpha value is -3.87. The zero-order valence-corrected chi connectivity index (χ0v) is 19.1. The van der Waals surface area contributed by atoms with E-state index >= 15 is 0 Å². The molecule has 6 nitrogen and oxygen atoms in total.